The van der Waals surface area contributed by atoms with Gasteiger partial charge in [0.2, 0.25) is 5.91 Å². The lowest BCUT2D eigenvalue weighted by molar-refractivity contribution is -0.118. The van der Waals surface area contributed by atoms with Gasteiger partial charge in [0, 0.05) is 23.6 Å². The molecule has 3 aromatic carbocycles. The molecule has 0 spiro atoms. The van der Waals surface area contributed by atoms with Crippen molar-refractivity contribution in [3.63, 3.8) is 0 Å². The van der Waals surface area contributed by atoms with Crippen LogP contribution in [0.2, 0.25) is 0 Å². The molecule has 2 unspecified atom stereocenters. The smallest absolute Gasteiger partial charge is 0.242 e. The van der Waals surface area contributed by atoms with E-state index in [1.807, 2.05) is 36.4 Å². The average Bonchev–Trinajstić information content (AvgIpc) is 3.50. The second kappa shape index (κ2) is 10.1. The van der Waals surface area contributed by atoms with Gasteiger partial charge in [-0.15, -0.1) is 0 Å². The van der Waals surface area contributed by atoms with Gasteiger partial charge in [0.25, 0.3) is 0 Å². The molecule has 0 radical (unpaired) electrons. The Hall–Kier alpha value is -3.70. The summed E-state index contributed by atoms with van der Waals surface area (Å²) in [7, 11) is 0. The third-order valence-corrected chi connectivity index (χ3v) is 6.62. The summed E-state index contributed by atoms with van der Waals surface area (Å²) in [6.45, 7) is 2.11. The number of fused-ring (bicyclic) bond motifs is 1. The van der Waals surface area contributed by atoms with Crippen LogP contribution in [0.4, 0.5) is 5.82 Å². The van der Waals surface area contributed by atoms with Gasteiger partial charge in [0.15, 0.2) is 0 Å². The van der Waals surface area contributed by atoms with E-state index in [1.165, 1.54) is 16.7 Å². The number of benzene rings is 3. The molecule has 4 aromatic rings. The summed E-state index contributed by atoms with van der Waals surface area (Å²) in [5.74, 6) is 0.910. The molecular weight excluding hydrogens is 420 g/mol. The molecule has 1 aromatic heterocycles. The minimum atomic E-state index is -0.291. The number of H-pyrrole nitrogens is 1. The Bertz CT molecular complexity index is 1240. The van der Waals surface area contributed by atoms with Crippen LogP contribution in [0.3, 0.4) is 0 Å². The van der Waals surface area contributed by atoms with E-state index in [4.69, 9.17) is 0 Å². The zero-order valence-corrected chi connectivity index (χ0v) is 19.4. The molecule has 5 rings (SSSR count). The van der Waals surface area contributed by atoms with Gasteiger partial charge in [0.1, 0.15) is 5.82 Å². The van der Waals surface area contributed by atoms with Crippen LogP contribution in [0.5, 0.6) is 0 Å². The molecule has 34 heavy (non-hydrogen) atoms. The standard InChI is InChI=1S/C29H30N4O/c1-2-11-25(29(34)31-28-19-26(32-33-28)21-14-7-4-8-15-21)30-27-18-24(20-12-5-3-6-13-20)22-16-9-10-17-23(22)27/h3-10,12-17,19,24-25,27,30H,2,11,18H2,1H3,(H2,31,32,33,34)/t24?,25-,27?/m0/s1. The van der Waals surface area contributed by atoms with Crippen molar-refractivity contribution in [3.8, 4) is 11.3 Å². The van der Waals surface area contributed by atoms with E-state index in [2.05, 4.69) is 82.4 Å². The molecule has 1 aliphatic carbocycles. The van der Waals surface area contributed by atoms with Crippen molar-refractivity contribution in [2.75, 3.05) is 5.32 Å². The molecule has 1 heterocycles. The quantitative estimate of drug-likeness (QED) is 0.306. The zero-order valence-electron chi connectivity index (χ0n) is 19.4. The van der Waals surface area contributed by atoms with Crippen LogP contribution in [0, 0.1) is 0 Å². The van der Waals surface area contributed by atoms with Crippen LogP contribution >= 0.6 is 0 Å². The molecule has 3 atom stereocenters. The Labute approximate surface area is 200 Å². The number of nitrogens with one attached hydrogen (secondary N) is 3. The molecule has 0 fully saturated rings. The lowest BCUT2D eigenvalue weighted by Gasteiger charge is -2.23. The Morgan fingerprint density at radius 2 is 1.65 bits per heavy atom. The summed E-state index contributed by atoms with van der Waals surface area (Å²) < 4.78 is 0. The zero-order chi connectivity index (χ0) is 23.3. The van der Waals surface area contributed by atoms with E-state index in [1.54, 1.807) is 0 Å². The van der Waals surface area contributed by atoms with Crippen LogP contribution < -0.4 is 10.6 Å². The van der Waals surface area contributed by atoms with Gasteiger partial charge >= 0.3 is 0 Å². The maximum Gasteiger partial charge on any atom is 0.242 e. The summed E-state index contributed by atoms with van der Waals surface area (Å²) in [4.78, 5) is 13.3. The van der Waals surface area contributed by atoms with E-state index in [9.17, 15) is 4.79 Å². The number of aromatic amines is 1. The molecule has 1 aliphatic rings. The number of rotatable bonds is 8. The van der Waals surface area contributed by atoms with Gasteiger partial charge in [-0.1, -0.05) is 98.3 Å². The molecule has 1 amide bonds. The average molecular weight is 451 g/mol. The predicted molar refractivity (Wildman–Crippen MR) is 137 cm³/mol. The molecule has 5 nitrogen and oxygen atoms in total. The van der Waals surface area contributed by atoms with Gasteiger partial charge < -0.3 is 5.32 Å². The first kappa shape index (κ1) is 22.1. The molecular formula is C29H30N4O. The second-order valence-electron chi connectivity index (χ2n) is 8.91. The number of amides is 1. The normalized spacial score (nSPS) is 17.8. The van der Waals surface area contributed by atoms with Crippen molar-refractivity contribution >= 4 is 11.7 Å². The number of nitrogens with zero attached hydrogens (tertiary/aromatic N) is 1. The minimum absolute atomic E-state index is 0.0363. The summed E-state index contributed by atoms with van der Waals surface area (Å²) >= 11 is 0. The topological polar surface area (TPSA) is 69.8 Å². The summed E-state index contributed by atoms with van der Waals surface area (Å²) in [6.07, 6.45) is 2.62. The van der Waals surface area contributed by atoms with Crippen molar-refractivity contribution in [1.82, 2.24) is 15.5 Å². The molecule has 5 heteroatoms. The molecule has 3 N–H and O–H groups in total. The number of carbonyl (C=O) groups excluding carboxylic acids is 1. The lowest BCUT2D eigenvalue weighted by atomic mass is 9.93. The number of anilines is 1. The van der Waals surface area contributed by atoms with Crippen molar-refractivity contribution in [3.05, 3.63) is 108 Å². The third-order valence-electron chi connectivity index (χ3n) is 6.62. The maximum absolute atomic E-state index is 13.3. The van der Waals surface area contributed by atoms with Gasteiger partial charge in [-0.3, -0.25) is 15.2 Å². The maximum atomic E-state index is 13.3. The Balaban J connectivity index is 1.32. The summed E-state index contributed by atoms with van der Waals surface area (Å²) in [5.41, 5.74) is 5.78. The lowest BCUT2D eigenvalue weighted by Crippen LogP contribution is -2.42. The van der Waals surface area contributed by atoms with E-state index in [0.29, 0.717) is 11.7 Å². The first-order valence-electron chi connectivity index (χ1n) is 12.0. The molecule has 0 saturated carbocycles. The Morgan fingerprint density at radius 3 is 2.38 bits per heavy atom. The van der Waals surface area contributed by atoms with E-state index in [0.717, 1.165) is 30.5 Å². The summed E-state index contributed by atoms with van der Waals surface area (Å²) in [6, 6.07) is 30.9. The first-order valence-corrected chi connectivity index (χ1v) is 12.0. The second-order valence-corrected chi connectivity index (χ2v) is 8.91. The molecule has 172 valence electrons. The number of aromatic nitrogens is 2. The number of hydrogen-bond acceptors (Lipinski definition) is 3. The van der Waals surface area contributed by atoms with Crippen molar-refractivity contribution in [1.29, 1.82) is 0 Å². The predicted octanol–water partition coefficient (Wildman–Crippen LogP) is 6.05. The van der Waals surface area contributed by atoms with Crippen molar-refractivity contribution < 1.29 is 4.79 Å². The fourth-order valence-corrected chi connectivity index (χ4v) is 4.98. The third kappa shape index (κ3) is 4.66. The molecule has 0 aliphatic heterocycles. The van der Waals surface area contributed by atoms with Crippen LogP contribution in [0.15, 0.2) is 91.0 Å². The Kier molecular flexibility index (Phi) is 6.54. The van der Waals surface area contributed by atoms with Crippen LogP contribution in [0.25, 0.3) is 11.3 Å². The van der Waals surface area contributed by atoms with Crippen LogP contribution in [0.1, 0.15) is 54.8 Å². The van der Waals surface area contributed by atoms with Crippen molar-refractivity contribution in [2.45, 2.75) is 44.2 Å². The fourth-order valence-electron chi connectivity index (χ4n) is 4.98. The Morgan fingerprint density at radius 1 is 0.971 bits per heavy atom. The molecule has 0 saturated heterocycles. The largest absolute Gasteiger partial charge is 0.310 e. The van der Waals surface area contributed by atoms with Gasteiger partial charge in [-0.25, -0.2) is 0 Å². The van der Waals surface area contributed by atoms with E-state index in [-0.39, 0.29) is 18.0 Å². The number of hydrogen-bond donors (Lipinski definition) is 3. The highest BCUT2D eigenvalue weighted by Crippen LogP contribution is 2.44. The van der Waals surface area contributed by atoms with Gasteiger partial charge in [0.05, 0.1) is 11.7 Å². The fraction of sp³-hybridized carbons (Fsp3) is 0.241. The van der Waals surface area contributed by atoms with Gasteiger partial charge in [-0.05, 0) is 29.5 Å². The SMILES string of the molecule is CCC[C@H](NC1CC(c2ccccc2)c2ccccc21)C(=O)Nc1cc(-c2ccccc2)n[nH]1. The van der Waals surface area contributed by atoms with Crippen molar-refractivity contribution in [2.24, 2.45) is 0 Å². The number of carbonyl (C=O) groups is 1. The van der Waals surface area contributed by atoms with Crippen LogP contribution in [-0.4, -0.2) is 22.1 Å². The highest BCUT2D eigenvalue weighted by atomic mass is 16.2. The molecule has 0 bridgehead atoms. The van der Waals surface area contributed by atoms with Crippen LogP contribution in [-0.2, 0) is 4.79 Å². The van der Waals surface area contributed by atoms with Gasteiger partial charge in [-0.2, -0.15) is 5.10 Å². The minimum Gasteiger partial charge on any atom is -0.310 e. The monoisotopic (exact) mass is 450 g/mol. The highest BCUT2D eigenvalue weighted by molar-refractivity contribution is 5.94. The summed E-state index contributed by atoms with van der Waals surface area (Å²) in [5, 5.41) is 14.0. The van der Waals surface area contributed by atoms with E-state index < -0.39 is 0 Å². The highest BCUT2D eigenvalue weighted by Gasteiger charge is 2.34. The first-order chi connectivity index (χ1) is 16.7. The van der Waals surface area contributed by atoms with E-state index >= 15 is 0 Å².